The van der Waals surface area contributed by atoms with Crippen LogP contribution in [0.2, 0.25) is 0 Å². The molecule has 0 aliphatic carbocycles. The van der Waals surface area contributed by atoms with Crippen LogP contribution >= 0.6 is 12.4 Å². The summed E-state index contributed by atoms with van der Waals surface area (Å²) in [5, 5.41) is 7.57. The summed E-state index contributed by atoms with van der Waals surface area (Å²) in [6, 6.07) is 5.52. The van der Waals surface area contributed by atoms with Crippen LogP contribution in [0.1, 0.15) is 25.0 Å². The maximum atomic E-state index is 13.9. The molecule has 21 heavy (non-hydrogen) atoms. The van der Waals surface area contributed by atoms with Gasteiger partial charge in [-0.25, -0.2) is 13.5 Å². The third-order valence-electron chi connectivity index (χ3n) is 3.98. The number of hydrogen-bond acceptors (Lipinski definition) is 2. The summed E-state index contributed by atoms with van der Waals surface area (Å²) in [6.07, 6.45) is 2.67. The summed E-state index contributed by atoms with van der Waals surface area (Å²) >= 11 is 0. The van der Waals surface area contributed by atoms with Crippen LogP contribution in [0.3, 0.4) is 0 Å². The monoisotopic (exact) mass is 313 g/mol. The smallest absolute Gasteiger partial charge is 0.151 e. The zero-order chi connectivity index (χ0) is 14.1. The molecule has 3 rings (SSSR count). The second-order valence-corrected chi connectivity index (χ2v) is 5.34. The summed E-state index contributed by atoms with van der Waals surface area (Å²) in [4.78, 5) is 0. The zero-order valence-corrected chi connectivity index (χ0v) is 12.5. The first kappa shape index (κ1) is 15.9. The standard InChI is InChI=1S/C15H17F2N3.ClH/c1-10-9-18-6-4-12(10)14-5-7-19-20(14)15-3-2-11(16)8-13(15)17;/h2-3,5,7-8,10,12,18H,4,6,9H2,1H3;1H/t10-,12-;/m1./s1. The van der Waals surface area contributed by atoms with Crippen LogP contribution < -0.4 is 5.32 Å². The van der Waals surface area contributed by atoms with Crippen LogP contribution in [0.4, 0.5) is 8.78 Å². The summed E-state index contributed by atoms with van der Waals surface area (Å²) in [6.45, 7) is 4.07. The topological polar surface area (TPSA) is 29.9 Å². The van der Waals surface area contributed by atoms with Gasteiger partial charge in [0.1, 0.15) is 11.5 Å². The van der Waals surface area contributed by atoms with Crippen molar-refractivity contribution < 1.29 is 8.78 Å². The normalized spacial score (nSPS) is 21.9. The van der Waals surface area contributed by atoms with Gasteiger partial charge in [0.25, 0.3) is 0 Å². The van der Waals surface area contributed by atoms with Gasteiger partial charge in [-0.3, -0.25) is 0 Å². The maximum absolute atomic E-state index is 13.9. The fourth-order valence-corrected chi connectivity index (χ4v) is 2.90. The summed E-state index contributed by atoms with van der Waals surface area (Å²) in [5.74, 6) is -0.363. The van der Waals surface area contributed by atoms with E-state index in [-0.39, 0.29) is 12.4 Å². The van der Waals surface area contributed by atoms with Gasteiger partial charge in [0.05, 0.1) is 0 Å². The summed E-state index contributed by atoms with van der Waals surface area (Å²) in [7, 11) is 0. The largest absolute Gasteiger partial charge is 0.316 e. The van der Waals surface area contributed by atoms with Crippen LogP contribution in [-0.2, 0) is 0 Å². The molecule has 0 bridgehead atoms. The first-order valence-electron chi connectivity index (χ1n) is 6.87. The number of aromatic nitrogens is 2. The van der Waals surface area contributed by atoms with Crippen LogP contribution in [0.25, 0.3) is 5.69 Å². The van der Waals surface area contributed by atoms with Gasteiger partial charge in [-0.15, -0.1) is 12.4 Å². The van der Waals surface area contributed by atoms with Crippen molar-refractivity contribution >= 4 is 12.4 Å². The van der Waals surface area contributed by atoms with E-state index in [0.717, 1.165) is 31.3 Å². The Hall–Kier alpha value is -1.46. The van der Waals surface area contributed by atoms with E-state index >= 15 is 0 Å². The quantitative estimate of drug-likeness (QED) is 0.922. The Labute approximate surface area is 128 Å². The number of nitrogens with zero attached hydrogens (tertiary/aromatic N) is 2. The Morgan fingerprint density at radius 2 is 2.10 bits per heavy atom. The van der Waals surface area contributed by atoms with Gasteiger partial charge in [0.15, 0.2) is 5.82 Å². The number of piperidine rings is 1. The molecule has 1 aliphatic rings. The van der Waals surface area contributed by atoms with E-state index < -0.39 is 11.6 Å². The molecule has 1 fully saturated rings. The van der Waals surface area contributed by atoms with E-state index in [4.69, 9.17) is 0 Å². The number of halogens is 3. The highest BCUT2D eigenvalue weighted by Gasteiger charge is 2.26. The van der Waals surface area contributed by atoms with Gasteiger partial charge in [-0.1, -0.05) is 6.92 Å². The molecule has 1 aliphatic heterocycles. The van der Waals surface area contributed by atoms with E-state index in [1.54, 1.807) is 10.9 Å². The molecule has 2 heterocycles. The van der Waals surface area contributed by atoms with Gasteiger partial charge in [-0.2, -0.15) is 5.10 Å². The van der Waals surface area contributed by atoms with E-state index in [0.29, 0.717) is 17.5 Å². The molecule has 3 nitrogen and oxygen atoms in total. The summed E-state index contributed by atoms with van der Waals surface area (Å²) in [5.41, 5.74) is 1.29. The molecular weight excluding hydrogens is 296 g/mol. The Balaban J connectivity index is 0.00000161. The van der Waals surface area contributed by atoms with Crippen LogP contribution in [-0.4, -0.2) is 22.9 Å². The van der Waals surface area contributed by atoms with Gasteiger partial charge in [0, 0.05) is 23.9 Å². The van der Waals surface area contributed by atoms with E-state index in [1.165, 1.54) is 12.1 Å². The fraction of sp³-hybridized carbons (Fsp3) is 0.400. The minimum atomic E-state index is -0.587. The van der Waals surface area contributed by atoms with E-state index in [1.807, 2.05) is 6.07 Å². The Kier molecular flexibility index (Phi) is 4.96. The van der Waals surface area contributed by atoms with Gasteiger partial charge in [-0.05, 0) is 43.6 Å². The van der Waals surface area contributed by atoms with Crippen LogP contribution in [0.15, 0.2) is 30.5 Å². The van der Waals surface area contributed by atoms with Gasteiger partial charge >= 0.3 is 0 Å². The molecule has 1 aromatic heterocycles. The highest BCUT2D eigenvalue weighted by Crippen LogP contribution is 2.31. The number of benzene rings is 1. The first-order valence-corrected chi connectivity index (χ1v) is 6.87. The maximum Gasteiger partial charge on any atom is 0.151 e. The summed E-state index contributed by atoms with van der Waals surface area (Å²) < 4.78 is 28.6. The molecule has 1 saturated heterocycles. The SMILES string of the molecule is C[C@@H]1CNCC[C@H]1c1ccnn1-c1ccc(F)cc1F.Cl. The fourth-order valence-electron chi connectivity index (χ4n) is 2.90. The zero-order valence-electron chi connectivity index (χ0n) is 11.7. The molecule has 0 amide bonds. The molecule has 1 aromatic carbocycles. The average Bonchev–Trinajstić information content (AvgIpc) is 2.88. The molecule has 1 N–H and O–H groups in total. The average molecular weight is 314 g/mol. The minimum Gasteiger partial charge on any atom is -0.316 e. The predicted octanol–water partition coefficient (Wildman–Crippen LogP) is 3.29. The molecule has 0 radical (unpaired) electrons. The van der Waals surface area contributed by atoms with Crippen molar-refractivity contribution in [3.05, 3.63) is 47.8 Å². The first-order chi connectivity index (χ1) is 9.66. The minimum absolute atomic E-state index is 0. The number of hydrogen-bond donors (Lipinski definition) is 1. The van der Waals surface area contributed by atoms with Crippen molar-refractivity contribution in [1.82, 2.24) is 15.1 Å². The lowest BCUT2D eigenvalue weighted by Gasteiger charge is -2.30. The molecule has 2 aromatic rings. The molecule has 114 valence electrons. The van der Waals surface area contributed by atoms with Crippen molar-refractivity contribution in [2.24, 2.45) is 5.92 Å². The lowest BCUT2D eigenvalue weighted by Crippen LogP contribution is -2.34. The van der Waals surface area contributed by atoms with E-state index in [2.05, 4.69) is 17.3 Å². The Morgan fingerprint density at radius 1 is 1.29 bits per heavy atom. The van der Waals surface area contributed by atoms with Crippen molar-refractivity contribution in [2.45, 2.75) is 19.3 Å². The second-order valence-electron chi connectivity index (χ2n) is 5.34. The molecular formula is C15H18ClF2N3. The number of rotatable bonds is 2. The Bertz CT molecular complexity index is 615. The predicted molar refractivity (Wildman–Crippen MR) is 80.1 cm³/mol. The van der Waals surface area contributed by atoms with Crippen molar-refractivity contribution in [2.75, 3.05) is 13.1 Å². The molecule has 2 atom stereocenters. The van der Waals surface area contributed by atoms with Gasteiger partial charge in [0.2, 0.25) is 0 Å². The molecule has 0 unspecified atom stereocenters. The third-order valence-corrected chi connectivity index (χ3v) is 3.98. The van der Waals surface area contributed by atoms with E-state index in [9.17, 15) is 8.78 Å². The molecule has 0 spiro atoms. The molecule has 0 saturated carbocycles. The highest BCUT2D eigenvalue weighted by molar-refractivity contribution is 5.85. The number of nitrogens with one attached hydrogen (secondary N) is 1. The second kappa shape index (κ2) is 6.54. The van der Waals surface area contributed by atoms with Crippen LogP contribution in [0.5, 0.6) is 0 Å². The van der Waals surface area contributed by atoms with Crippen molar-refractivity contribution in [3.63, 3.8) is 0 Å². The van der Waals surface area contributed by atoms with Crippen LogP contribution in [0, 0.1) is 17.6 Å². The lowest BCUT2D eigenvalue weighted by molar-refractivity contribution is 0.339. The van der Waals surface area contributed by atoms with Crippen molar-refractivity contribution in [1.29, 1.82) is 0 Å². The third kappa shape index (κ3) is 3.09. The van der Waals surface area contributed by atoms with Crippen molar-refractivity contribution in [3.8, 4) is 5.69 Å². The molecule has 6 heteroatoms. The highest BCUT2D eigenvalue weighted by atomic mass is 35.5. The lowest BCUT2D eigenvalue weighted by atomic mass is 9.85. The van der Waals surface area contributed by atoms with Gasteiger partial charge < -0.3 is 5.32 Å². The Morgan fingerprint density at radius 3 is 2.81 bits per heavy atom.